The lowest BCUT2D eigenvalue weighted by Gasteiger charge is -2.27. The fourth-order valence-electron chi connectivity index (χ4n) is 2.30. The molecule has 1 fully saturated rings. The Labute approximate surface area is 123 Å². The first-order valence-corrected chi connectivity index (χ1v) is 8.02. The van der Waals surface area contributed by atoms with Gasteiger partial charge in [0, 0.05) is 18.8 Å². The maximum absolute atomic E-state index is 5.92. The molecule has 1 unspecified atom stereocenters. The fraction of sp³-hybridized carbons (Fsp3) is 0.500. The highest BCUT2D eigenvalue weighted by Gasteiger charge is 2.22. The van der Waals surface area contributed by atoms with Gasteiger partial charge in [0.05, 0.1) is 0 Å². The maximum Gasteiger partial charge on any atom is 0.161 e. The number of hydrogen-bond acceptors (Lipinski definition) is 4. The topological polar surface area (TPSA) is 21.7 Å². The first-order valence-electron chi connectivity index (χ1n) is 6.63. The second-order valence-electron chi connectivity index (χ2n) is 4.77. The van der Waals surface area contributed by atoms with Gasteiger partial charge in [0.2, 0.25) is 0 Å². The SMILES string of the molecule is S=C(SCC1COc2ccccc2O1)N1CCCC1. The van der Waals surface area contributed by atoms with Gasteiger partial charge in [-0.1, -0.05) is 36.1 Å². The summed E-state index contributed by atoms with van der Waals surface area (Å²) in [5.74, 6) is 2.53. The van der Waals surface area contributed by atoms with Crippen LogP contribution in [0.2, 0.25) is 0 Å². The molecule has 3 nitrogen and oxygen atoms in total. The van der Waals surface area contributed by atoms with Gasteiger partial charge in [0.1, 0.15) is 17.0 Å². The van der Waals surface area contributed by atoms with Crippen LogP contribution in [0.25, 0.3) is 0 Å². The molecule has 3 rings (SSSR count). The van der Waals surface area contributed by atoms with E-state index in [2.05, 4.69) is 4.90 Å². The van der Waals surface area contributed by atoms with Gasteiger partial charge in [-0.15, -0.1) is 0 Å². The Kier molecular flexibility index (Phi) is 4.13. The van der Waals surface area contributed by atoms with Crippen molar-refractivity contribution < 1.29 is 9.47 Å². The lowest BCUT2D eigenvalue weighted by molar-refractivity contribution is 0.107. The van der Waals surface area contributed by atoms with Crippen molar-refractivity contribution in [3.8, 4) is 11.5 Å². The van der Waals surface area contributed by atoms with Crippen LogP contribution in [0.4, 0.5) is 0 Å². The lowest BCUT2D eigenvalue weighted by Crippen LogP contribution is -2.33. The zero-order chi connectivity index (χ0) is 13.1. The zero-order valence-electron chi connectivity index (χ0n) is 10.7. The summed E-state index contributed by atoms with van der Waals surface area (Å²) >= 11 is 7.16. The Balaban J connectivity index is 1.50. The second kappa shape index (κ2) is 6.01. The number of likely N-dealkylation sites (tertiary alicyclic amines) is 1. The number of para-hydroxylation sites is 2. The van der Waals surface area contributed by atoms with E-state index in [-0.39, 0.29) is 6.10 Å². The van der Waals surface area contributed by atoms with Gasteiger partial charge in [0.15, 0.2) is 11.5 Å². The molecule has 19 heavy (non-hydrogen) atoms. The van der Waals surface area contributed by atoms with Crippen LogP contribution >= 0.6 is 24.0 Å². The minimum absolute atomic E-state index is 0.0838. The molecule has 0 amide bonds. The van der Waals surface area contributed by atoms with E-state index in [0.717, 1.165) is 34.7 Å². The molecule has 2 aliphatic rings. The number of nitrogens with zero attached hydrogens (tertiary/aromatic N) is 1. The van der Waals surface area contributed by atoms with Crippen LogP contribution in [-0.2, 0) is 0 Å². The summed E-state index contributed by atoms with van der Waals surface area (Å²) in [4.78, 5) is 2.29. The smallest absolute Gasteiger partial charge is 0.161 e. The molecule has 0 spiro atoms. The molecule has 0 N–H and O–H groups in total. The molecule has 102 valence electrons. The standard InChI is InChI=1S/C14H17NO2S2/c18-14(15-7-3-4-8-15)19-10-11-9-16-12-5-1-2-6-13(12)17-11/h1-2,5-6,11H,3-4,7-10H2. The van der Waals surface area contributed by atoms with Crippen molar-refractivity contribution in [1.82, 2.24) is 4.90 Å². The van der Waals surface area contributed by atoms with Crippen molar-refractivity contribution in [2.75, 3.05) is 25.4 Å². The van der Waals surface area contributed by atoms with E-state index in [0.29, 0.717) is 6.61 Å². The van der Waals surface area contributed by atoms with Crippen LogP contribution in [0.1, 0.15) is 12.8 Å². The molecule has 0 radical (unpaired) electrons. The molecule has 0 saturated carbocycles. The fourth-order valence-corrected chi connectivity index (χ4v) is 3.55. The van der Waals surface area contributed by atoms with Crippen molar-refractivity contribution in [3.05, 3.63) is 24.3 Å². The molecule has 0 aliphatic carbocycles. The summed E-state index contributed by atoms with van der Waals surface area (Å²) in [7, 11) is 0. The molecule has 2 aliphatic heterocycles. The summed E-state index contributed by atoms with van der Waals surface area (Å²) in [6.45, 7) is 2.82. The van der Waals surface area contributed by atoms with Crippen molar-refractivity contribution in [2.45, 2.75) is 18.9 Å². The third-order valence-corrected chi connectivity index (χ3v) is 4.98. The van der Waals surface area contributed by atoms with Gasteiger partial charge in [-0.25, -0.2) is 0 Å². The van der Waals surface area contributed by atoms with Gasteiger partial charge in [-0.3, -0.25) is 0 Å². The van der Waals surface area contributed by atoms with Crippen molar-refractivity contribution in [2.24, 2.45) is 0 Å². The van der Waals surface area contributed by atoms with E-state index in [9.17, 15) is 0 Å². The van der Waals surface area contributed by atoms with Crippen LogP contribution in [0.5, 0.6) is 11.5 Å². The van der Waals surface area contributed by atoms with Gasteiger partial charge in [-0.05, 0) is 25.0 Å². The predicted molar refractivity (Wildman–Crippen MR) is 82.2 cm³/mol. The summed E-state index contributed by atoms with van der Waals surface area (Å²) in [6.07, 6.45) is 2.61. The van der Waals surface area contributed by atoms with Crippen LogP contribution in [-0.4, -0.2) is 40.8 Å². The lowest BCUT2D eigenvalue weighted by atomic mass is 10.3. The Morgan fingerprint density at radius 1 is 1.26 bits per heavy atom. The Bertz CT molecular complexity index is 461. The number of ether oxygens (including phenoxy) is 2. The molecule has 0 bridgehead atoms. The van der Waals surface area contributed by atoms with Gasteiger partial charge in [0.25, 0.3) is 0 Å². The summed E-state index contributed by atoms with van der Waals surface area (Å²) in [5, 5.41) is 0. The molecule has 2 heterocycles. The van der Waals surface area contributed by atoms with Crippen molar-refractivity contribution >= 4 is 28.3 Å². The van der Waals surface area contributed by atoms with Crippen molar-refractivity contribution in [1.29, 1.82) is 0 Å². The third-order valence-electron chi connectivity index (χ3n) is 3.32. The molecule has 1 aromatic carbocycles. The van der Waals surface area contributed by atoms with E-state index < -0.39 is 0 Å². The molecular weight excluding hydrogens is 278 g/mol. The molecule has 5 heteroatoms. The largest absolute Gasteiger partial charge is 0.486 e. The van der Waals surface area contributed by atoms with E-state index in [1.54, 1.807) is 11.8 Å². The second-order valence-corrected chi connectivity index (χ2v) is 6.42. The van der Waals surface area contributed by atoms with E-state index in [1.165, 1.54) is 12.8 Å². The summed E-state index contributed by atoms with van der Waals surface area (Å²) < 4.78 is 12.6. The average molecular weight is 295 g/mol. The predicted octanol–water partition coefficient (Wildman–Crippen LogP) is 2.94. The van der Waals surface area contributed by atoms with E-state index in [4.69, 9.17) is 21.7 Å². The summed E-state index contributed by atoms with van der Waals surface area (Å²) in [6, 6.07) is 7.81. The Morgan fingerprint density at radius 2 is 2.00 bits per heavy atom. The molecule has 1 aromatic rings. The Morgan fingerprint density at radius 3 is 2.79 bits per heavy atom. The van der Waals surface area contributed by atoms with Gasteiger partial charge in [-0.2, -0.15) is 0 Å². The van der Waals surface area contributed by atoms with Gasteiger partial charge >= 0.3 is 0 Å². The highest BCUT2D eigenvalue weighted by Crippen LogP contribution is 2.31. The number of thioether (sulfide) groups is 1. The number of hydrogen-bond donors (Lipinski definition) is 0. The average Bonchev–Trinajstić information content (AvgIpc) is 2.99. The van der Waals surface area contributed by atoms with E-state index >= 15 is 0 Å². The van der Waals surface area contributed by atoms with Crippen LogP contribution < -0.4 is 9.47 Å². The summed E-state index contributed by atoms with van der Waals surface area (Å²) in [5.41, 5.74) is 0. The molecule has 0 aromatic heterocycles. The first-order chi connectivity index (χ1) is 9.33. The maximum atomic E-state index is 5.92. The van der Waals surface area contributed by atoms with Gasteiger partial charge < -0.3 is 14.4 Å². The third kappa shape index (κ3) is 3.15. The first kappa shape index (κ1) is 13.1. The monoisotopic (exact) mass is 295 g/mol. The van der Waals surface area contributed by atoms with Crippen LogP contribution in [0, 0.1) is 0 Å². The Hall–Kier alpha value is -0.940. The molecule has 1 saturated heterocycles. The minimum atomic E-state index is 0.0838. The highest BCUT2D eigenvalue weighted by molar-refractivity contribution is 8.22. The quantitative estimate of drug-likeness (QED) is 0.780. The number of fused-ring (bicyclic) bond motifs is 1. The van der Waals surface area contributed by atoms with E-state index in [1.807, 2.05) is 24.3 Å². The number of benzene rings is 1. The zero-order valence-corrected chi connectivity index (χ0v) is 12.3. The number of rotatable bonds is 2. The normalized spacial score (nSPS) is 21.5. The van der Waals surface area contributed by atoms with Crippen LogP contribution in [0.3, 0.4) is 0 Å². The van der Waals surface area contributed by atoms with Crippen molar-refractivity contribution in [3.63, 3.8) is 0 Å². The molecular formula is C14H17NO2S2. The highest BCUT2D eigenvalue weighted by atomic mass is 32.2. The molecule has 1 atom stereocenters. The minimum Gasteiger partial charge on any atom is -0.486 e. The number of thiocarbonyl (C=S) groups is 1. The van der Waals surface area contributed by atoms with Crippen LogP contribution in [0.15, 0.2) is 24.3 Å².